The lowest BCUT2D eigenvalue weighted by atomic mass is 10.0. The summed E-state index contributed by atoms with van der Waals surface area (Å²) >= 11 is 6.14. The largest absolute Gasteiger partial charge is 0.497 e. The van der Waals surface area contributed by atoms with Crippen LogP contribution in [0.1, 0.15) is 16.1 Å². The number of aromatic nitrogens is 2. The number of aryl methyl sites for hydroxylation is 1. The van der Waals surface area contributed by atoms with Gasteiger partial charge < -0.3 is 9.84 Å². The molecule has 0 atom stereocenters. The van der Waals surface area contributed by atoms with E-state index < -0.39 is 5.97 Å². The first-order valence-corrected chi connectivity index (χ1v) is 5.81. The van der Waals surface area contributed by atoms with Crippen molar-refractivity contribution >= 4 is 17.6 Å². The lowest BCUT2D eigenvalue weighted by Gasteiger charge is -2.09. The zero-order valence-electron chi connectivity index (χ0n) is 10.3. The second kappa shape index (κ2) is 5.24. The van der Waals surface area contributed by atoms with E-state index in [1.54, 1.807) is 25.1 Å². The van der Waals surface area contributed by atoms with Crippen LogP contribution in [-0.2, 0) is 0 Å². The average Bonchev–Trinajstić information content (AvgIpc) is 2.37. The minimum atomic E-state index is -1.08. The van der Waals surface area contributed by atoms with E-state index in [0.717, 1.165) is 0 Å². The number of halogens is 1. The fourth-order valence-corrected chi connectivity index (χ4v) is 2.01. The fraction of sp³-hybridized carbons (Fsp3) is 0.154. The van der Waals surface area contributed by atoms with Gasteiger partial charge in [-0.15, -0.1) is 0 Å². The Morgan fingerprint density at radius 3 is 2.68 bits per heavy atom. The van der Waals surface area contributed by atoms with Gasteiger partial charge in [-0.2, -0.15) is 0 Å². The maximum absolute atomic E-state index is 11.3. The molecule has 0 amide bonds. The summed E-state index contributed by atoms with van der Waals surface area (Å²) in [6.07, 6.45) is 1.32. The molecule has 0 fully saturated rings. The molecule has 2 rings (SSSR count). The van der Waals surface area contributed by atoms with Gasteiger partial charge in [0.25, 0.3) is 0 Å². The Kier molecular flexibility index (Phi) is 3.66. The van der Waals surface area contributed by atoms with Crippen molar-refractivity contribution in [3.8, 4) is 17.0 Å². The molecule has 0 aliphatic rings. The first-order chi connectivity index (χ1) is 9.04. The lowest BCUT2D eigenvalue weighted by molar-refractivity contribution is 0.0696. The van der Waals surface area contributed by atoms with E-state index >= 15 is 0 Å². The highest BCUT2D eigenvalue weighted by molar-refractivity contribution is 6.33. The highest BCUT2D eigenvalue weighted by Gasteiger charge is 2.19. The molecule has 19 heavy (non-hydrogen) atoms. The number of carbonyl (C=O) groups is 1. The number of hydrogen-bond donors (Lipinski definition) is 1. The summed E-state index contributed by atoms with van der Waals surface area (Å²) in [5, 5.41) is 9.63. The van der Waals surface area contributed by atoms with Crippen LogP contribution in [0.2, 0.25) is 5.02 Å². The van der Waals surface area contributed by atoms with Crippen molar-refractivity contribution in [3.05, 3.63) is 40.8 Å². The van der Waals surface area contributed by atoms with E-state index in [0.29, 0.717) is 27.7 Å². The van der Waals surface area contributed by atoms with Crippen molar-refractivity contribution in [2.45, 2.75) is 6.92 Å². The van der Waals surface area contributed by atoms with Crippen LogP contribution in [0.5, 0.6) is 5.75 Å². The molecule has 1 heterocycles. The highest BCUT2D eigenvalue weighted by atomic mass is 35.5. The number of rotatable bonds is 3. The molecule has 6 heteroatoms. The topological polar surface area (TPSA) is 72.3 Å². The van der Waals surface area contributed by atoms with Crippen LogP contribution in [0.3, 0.4) is 0 Å². The number of aromatic carboxylic acids is 1. The predicted molar refractivity (Wildman–Crippen MR) is 70.7 cm³/mol. The molecular formula is C13H11ClN2O3. The van der Waals surface area contributed by atoms with Gasteiger partial charge in [0.05, 0.1) is 23.5 Å². The summed E-state index contributed by atoms with van der Waals surface area (Å²) in [4.78, 5) is 19.2. The summed E-state index contributed by atoms with van der Waals surface area (Å²) in [5.41, 5.74) is 1.27. The van der Waals surface area contributed by atoms with E-state index in [2.05, 4.69) is 9.97 Å². The molecule has 98 valence electrons. The van der Waals surface area contributed by atoms with Crippen LogP contribution in [-0.4, -0.2) is 28.2 Å². The normalized spacial score (nSPS) is 10.3. The third kappa shape index (κ3) is 2.51. The molecule has 0 bridgehead atoms. The number of benzene rings is 1. The Labute approximate surface area is 114 Å². The van der Waals surface area contributed by atoms with Crippen LogP contribution in [0, 0.1) is 6.92 Å². The van der Waals surface area contributed by atoms with E-state index in [9.17, 15) is 9.90 Å². The van der Waals surface area contributed by atoms with Crippen molar-refractivity contribution in [1.29, 1.82) is 0 Å². The maximum atomic E-state index is 11.3. The molecule has 5 nitrogen and oxygen atoms in total. The first-order valence-electron chi connectivity index (χ1n) is 5.43. The number of nitrogens with zero attached hydrogens (tertiary/aromatic N) is 2. The number of carboxylic acid groups (broad SMARTS) is 1. The molecule has 0 aliphatic heterocycles. The minimum absolute atomic E-state index is 0.0505. The van der Waals surface area contributed by atoms with Gasteiger partial charge in [0.1, 0.15) is 17.6 Å². The van der Waals surface area contributed by atoms with Gasteiger partial charge in [0.15, 0.2) is 0 Å². The van der Waals surface area contributed by atoms with Crippen molar-refractivity contribution in [3.63, 3.8) is 0 Å². The molecule has 1 N–H and O–H groups in total. The summed E-state index contributed by atoms with van der Waals surface area (Å²) in [6, 6.07) is 4.99. The van der Waals surface area contributed by atoms with Gasteiger partial charge in [-0.05, 0) is 25.1 Å². The maximum Gasteiger partial charge on any atom is 0.339 e. The molecule has 0 radical (unpaired) electrons. The van der Waals surface area contributed by atoms with Crippen molar-refractivity contribution in [2.75, 3.05) is 7.11 Å². The van der Waals surface area contributed by atoms with Crippen molar-refractivity contribution in [2.24, 2.45) is 0 Å². The Balaban J connectivity index is 2.65. The number of methoxy groups -OCH3 is 1. The van der Waals surface area contributed by atoms with Gasteiger partial charge >= 0.3 is 5.97 Å². The molecule has 1 aromatic heterocycles. The molecule has 1 aromatic carbocycles. The lowest BCUT2D eigenvalue weighted by Crippen LogP contribution is -2.06. The number of hydrogen-bond acceptors (Lipinski definition) is 4. The fourth-order valence-electron chi connectivity index (χ4n) is 1.75. The van der Waals surface area contributed by atoms with Crippen LogP contribution >= 0.6 is 11.6 Å². The summed E-state index contributed by atoms with van der Waals surface area (Å²) < 4.78 is 5.05. The monoisotopic (exact) mass is 278 g/mol. The third-order valence-electron chi connectivity index (χ3n) is 2.68. The Morgan fingerprint density at radius 1 is 1.37 bits per heavy atom. The first kappa shape index (κ1) is 13.3. The molecule has 2 aromatic rings. The molecule has 0 saturated carbocycles. The van der Waals surface area contributed by atoms with Gasteiger partial charge in [-0.25, -0.2) is 14.8 Å². The molecule has 0 spiro atoms. The van der Waals surface area contributed by atoms with Crippen molar-refractivity contribution in [1.82, 2.24) is 9.97 Å². The molecular weight excluding hydrogens is 268 g/mol. The average molecular weight is 279 g/mol. The highest BCUT2D eigenvalue weighted by Crippen LogP contribution is 2.32. The second-order valence-corrected chi connectivity index (χ2v) is 4.24. The molecule has 0 unspecified atom stereocenters. The third-order valence-corrected chi connectivity index (χ3v) is 2.99. The standard InChI is InChI=1S/C13H11ClN2O3/c1-7-11(13(17)18)12(16-6-15-7)9-4-3-8(19-2)5-10(9)14/h3-6H,1-2H3,(H,17,18). The number of ether oxygens (including phenoxy) is 1. The van der Waals surface area contributed by atoms with Crippen LogP contribution < -0.4 is 4.74 Å². The van der Waals surface area contributed by atoms with E-state index in [4.69, 9.17) is 16.3 Å². The van der Waals surface area contributed by atoms with Crippen molar-refractivity contribution < 1.29 is 14.6 Å². The summed E-state index contributed by atoms with van der Waals surface area (Å²) in [5.74, 6) is -0.489. The summed E-state index contributed by atoms with van der Waals surface area (Å²) in [6.45, 7) is 1.62. The van der Waals surface area contributed by atoms with Gasteiger partial charge in [0, 0.05) is 5.56 Å². The quantitative estimate of drug-likeness (QED) is 0.934. The van der Waals surface area contributed by atoms with Gasteiger partial charge in [-0.3, -0.25) is 0 Å². The van der Waals surface area contributed by atoms with Gasteiger partial charge in [-0.1, -0.05) is 11.6 Å². The van der Waals surface area contributed by atoms with Crippen LogP contribution in [0.15, 0.2) is 24.5 Å². The zero-order valence-corrected chi connectivity index (χ0v) is 11.1. The van der Waals surface area contributed by atoms with Gasteiger partial charge in [0.2, 0.25) is 0 Å². The van der Waals surface area contributed by atoms with E-state index in [-0.39, 0.29) is 5.56 Å². The Bertz CT molecular complexity index is 644. The minimum Gasteiger partial charge on any atom is -0.497 e. The molecule has 0 saturated heterocycles. The second-order valence-electron chi connectivity index (χ2n) is 3.83. The zero-order chi connectivity index (χ0) is 14.0. The SMILES string of the molecule is COc1ccc(-c2ncnc(C)c2C(=O)O)c(Cl)c1. The Morgan fingerprint density at radius 2 is 2.11 bits per heavy atom. The van der Waals surface area contributed by atoms with E-state index in [1.807, 2.05) is 0 Å². The van der Waals surface area contributed by atoms with Crippen LogP contribution in [0.4, 0.5) is 0 Å². The molecule has 0 aliphatic carbocycles. The summed E-state index contributed by atoms with van der Waals surface area (Å²) in [7, 11) is 1.53. The van der Waals surface area contributed by atoms with Crippen LogP contribution in [0.25, 0.3) is 11.3 Å². The van der Waals surface area contributed by atoms with E-state index in [1.165, 1.54) is 13.4 Å². The Hall–Kier alpha value is -2.14. The smallest absolute Gasteiger partial charge is 0.339 e. The number of carboxylic acids is 1. The predicted octanol–water partition coefficient (Wildman–Crippen LogP) is 2.81.